The van der Waals surface area contributed by atoms with Gasteiger partial charge in [0.2, 0.25) is 0 Å². The lowest BCUT2D eigenvalue weighted by atomic mass is 9.94. The van der Waals surface area contributed by atoms with Crippen LogP contribution in [-0.2, 0) is 4.79 Å². The van der Waals surface area contributed by atoms with Crippen molar-refractivity contribution < 1.29 is 4.79 Å². The van der Waals surface area contributed by atoms with Gasteiger partial charge in [-0.1, -0.05) is 13.8 Å². The zero-order valence-electron chi connectivity index (χ0n) is 7.34. The smallest absolute Gasteiger partial charge is 0.138 e. The molecular formula is C9H17NO. The van der Waals surface area contributed by atoms with Crippen molar-refractivity contribution in [2.75, 3.05) is 0 Å². The van der Waals surface area contributed by atoms with Crippen LogP contribution in [0.2, 0.25) is 0 Å². The fourth-order valence-corrected chi connectivity index (χ4v) is 1.75. The minimum absolute atomic E-state index is 0.185. The molecule has 1 rings (SSSR count). The fraction of sp³-hybridized carbons (Fsp3) is 0.889. The van der Waals surface area contributed by atoms with Gasteiger partial charge in [0.1, 0.15) is 5.78 Å². The largest absolute Gasteiger partial charge is 0.328 e. The third-order valence-corrected chi connectivity index (χ3v) is 2.44. The van der Waals surface area contributed by atoms with E-state index in [-0.39, 0.29) is 17.9 Å². The molecule has 0 bridgehead atoms. The van der Waals surface area contributed by atoms with Crippen molar-refractivity contribution in [1.29, 1.82) is 0 Å². The average Bonchev–Trinajstić information content (AvgIpc) is 2.34. The Balaban J connectivity index is 2.43. The monoisotopic (exact) mass is 155 g/mol. The van der Waals surface area contributed by atoms with Gasteiger partial charge in [-0.2, -0.15) is 0 Å². The van der Waals surface area contributed by atoms with E-state index >= 15 is 0 Å². The lowest BCUT2D eigenvalue weighted by Crippen LogP contribution is -2.20. The summed E-state index contributed by atoms with van der Waals surface area (Å²) in [5, 5.41) is 0. The number of hydrogen-bond acceptors (Lipinski definition) is 2. The molecule has 0 amide bonds. The summed E-state index contributed by atoms with van der Waals surface area (Å²) < 4.78 is 0. The summed E-state index contributed by atoms with van der Waals surface area (Å²) in [6.45, 7) is 3.93. The number of rotatable bonds is 2. The Morgan fingerprint density at radius 1 is 1.45 bits per heavy atom. The number of Topliss-reactive ketones (excluding diaryl/α,β-unsaturated/α-hetero) is 1. The highest BCUT2D eigenvalue weighted by Crippen LogP contribution is 2.26. The normalized spacial score (nSPS) is 31.3. The predicted octanol–water partition coefficient (Wildman–Crippen LogP) is 1.34. The molecule has 1 saturated carbocycles. The number of nitrogens with two attached hydrogens (primary N) is 1. The van der Waals surface area contributed by atoms with Crippen LogP contribution in [0.15, 0.2) is 0 Å². The zero-order chi connectivity index (χ0) is 8.43. The van der Waals surface area contributed by atoms with Crippen LogP contribution in [0.5, 0.6) is 0 Å². The summed E-state index contributed by atoms with van der Waals surface area (Å²) >= 11 is 0. The molecule has 0 unspecified atom stereocenters. The molecule has 0 aromatic carbocycles. The van der Waals surface area contributed by atoms with E-state index in [2.05, 4.69) is 0 Å². The van der Waals surface area contributed by atoms with Crippen molar-refractivity contribution in [3.63, 3.8) is 0 Å². The van der Waals surface area contributed by atoms with Crippen LogP contribution in [0.4, 0.5) is 0 Å². The quantitative estimate of drug-likeness (QED) is 0.654. The molecule has 0 saturated heterocycles. The number of carbonyl (C=O) groups is 1. The van der Waals surface area contributed by atoms with Gasteiger partial charge < -0.3 is 5.73 Å². The Morgan fingerprint density at radius 2 is 2.09 bits per heavy atom. The van der Waals surface area contributed by atoms with E-state index in [1.165, 1.54) is 0 Å². The van der Waals surface area contributed by atoms with E-state index in [9.17, 15) is 4.79 Å². The maximum absolute atomic E-state index is 11.4. The van der Waals surface area contributed by atoms with Crippen molar-refractivity contribution in [1.82, 2.24) is 0 Å². The first-order chi connectivity index (χ1) is 5.11. The Morgan fingerprint density at radius 3 is 2.45 bits per heavy atom. The number of ketones is 1. The summed E-state index contributed by atoms with van der Waals surface area (Å²) in [5.74, 6) is 0.855. The molecule has 1 aliphatic rings. The summed E-state index contributed by atoms with van der Waals surface area (Å²) in [5.41, 5.74) is 5.71. The van der Waals surface area contributed by atoms with E-state index in [1.807, 2.05) is 13.8 Å². The van der Waals surface area contributed by atoms with Gasteiger partial charge in [0.05, 0.1) is 0 Å². The Kier molecular flexibility index (Phi) is 2.66. The van der Waals surface area contributed by atoms with Gasteiger partial charge in [0.25, 0.3) is 0 Å². The van der Waals surface area contributed by atoms with Crippen LogP contribution >= 0.6 is 0 Å². The molecule has 1 fully saturated rings. The zero-order valence-corrected chi connectivity index (χ0v) is 7.34. The van der Waals surface area contributed by atoms with Gasteiger partial charge in [-0.3, -0.25) is 4.79 Å². The molecule has 0 aromatic heterocycles. The van der Waals surface area contributed by atoms with Gasteiger partial charge in [-0.15, -0.1) is 0 Å². The van der Waals surface area contributed by atoms with Gasteiger partial charge in [0.15, 0.2) is 0 Å². The second-order valence-corrected chi connectivity index (χ2v) is 3.83. The highest BCUT2D eigenvalue weighted by Gasteiger charge is 2.28. The van der Waals surface area contributed by atoms with Gasteiger partial charge in [-0.25, -0.2) is 0 Å². The highest BCUT2D eigenvalue weighted by molar-refractivity contribution is 5.83. The fourth-order valence-electron chi connectivity index (χ4n) is 1.75. The van der Waals surface area contributed by atoms with Crippen LogP contribution in [0.25, 0.3) is 0 Å². The van der Waals surface area contributed by atoms with Crippen molar-refractivity contribution in [3.8, 4) is 0 Å². The lowest BCUT2D eigenvalue weighted by Gasteiger charge is -2.10. The van der Waals surface area contributed by atoms with Crippen molar-refractivity contribution in [3.05, 3.63) is 0 Å². The van der Waals surface area contributed by atoms with Gasteiger partial charge >= 0.3 is 0 Å². The van der Waals surface area contributed by atoms with Crippen LogP contribution in [0.1, 0.15) is 33.1 Å². The summed E-state index contributed by atoms with van der Waals surface area (Å²) in [4.78, 5) is 11.4. The second kappa shape index (κ2) is 3.35. The topological polar surface area (TPSA) is 43.1 Å². The highest BCUT2D eigenvalue weighted by atomic mass is 16.1. The van der Waals surface area contributed by atoms with Crippen LogP contribution in [0, 0.1) is 11.8 Å². The standard InChI is InChI=1S/C9H17NO/c1-6(2)9(11)7-3-4-8(10)5-7/h6-8H,3-5,10H2,1-2H3/t7-,8+/m0/s1. The lowest BCUT2D eigenvalue weighted by molar-refractivity contribution is -0.125. The summed E-state index contributed by atoms with van der Waals surface area (Å²) in [7, 11) is 0. The Bertz CT molecular complexity index is 154. The SMILES string of the molecule is CC(C)C(=O)[C@H]1CC[C@@H](N)C1. The molecular weight excluding hydrogens is 138 g/mol. The molecule has 0 radical (unpaired) electrons. The summed E-state index contributed by atoms with van der Waals surface area (Å²) in [6.07, 6.45) is 2.96. The molecule has 11 heavy (non-hydrogen) atoms. The van der Waals surface area contributed by atoms with Crippen molar-refractivity contribution >= 4 is 5.78 Å². The molecule has 0 aromatic rings. The van der Waals surface area contributed by atoms with Crippen LogP contribution in [0.3, 0.4) is 0 Å². The first-order valence-corrected chi connectivity index (χ1v) is 4.40. The van der Waals surface area contributed by atoms with E-state index in [4.69, 9.17) is 5.73 Å². The number of carbonyl (C=O) groups excluding carboxylic acids is 1. The average molecular weight is 155 g/mol. The first-order valence-electron chi connectivity index (χ1n) is 4.40. The number of hydrogen-bond donors (Lipinski definition) is 1. The molecule has 1 aliphatic carbocycles. The molecule has 2 heteroatoms. The first kappa shape index (κ1) is 8.72. The maximum atomic E-state index is 11.4. The molecule has 2 nitrogen and oxygen atoms in total. The maximum Gasteiger partial charge on any atom is 0.138 e. The Labute approximate surface area is 68.2 Å². The molecule has 2 N–H and O–H groups in total. The van der Waals surface area contributed by atoms with E-state index in [0.29, 0.717) is 5.78 Å². The molecule has 0 aliphatic heterocycles. The molecule has 2 atom stereocenters. The van der Waals surface area contributed by atoms with Gasteiger partial charge in [-0.05, 0) is 19.3 Å². The van der Waals surface area contributed by atoms with E-state index < -0.39 is 0 Å². The predicted molar refractivity (Wildman–Crippen MR) is 45.2 cm³/mol. The third-order valence-electron chi connectivity index (χ3n) is 2.44. The van der Waals surface area contributed by atoms with Crippen LogP contribution in [-0.4, -0.2) is 11.8 Å². The van der Waals surface area contributed by atoms with E-state index in [0.717, 1.165) is 19.3 Å². The van der Waals surface area contributed by atoms with Crippen molar-refractivity contribution in [2.24, 2.45) is 17.6 Å². The second-order valence-electron chi connectivity index (χ2n) is 3.83. The molecule has 64 valence electrons. The minimum atomic E-state index is 0.185. The van der Waals surface area contributed by atoms with E-state index in [1.54, 1.807) is 0 Å². The summed E-state index contributed by atoms with van der Waals surface area (Å²) in [6, 6.07) is 0.280. The minimum Gasteiger partial charge on any atom is -0.328 e. The molecule has 0 spiro atoms. The molecule has 0 heterocycles. The van der Waals surface area contributed by atoms with Crippen LogP contribution < -0.4 is 5.73 Å². The van der Waals surface area contributed by atoms with Gasteiger partial charge in [0, 0.05) is 17.9 Å². The third kappa shape index (κ3) is 2.03. The van der Waals surface area contributed by atoms with Crippen molar-refractivity contribution in [2.45, 2.75) is 39.2 Å². The Hall–Kier alpha value is -0.370.